The van der Waals surface area contributed by atoms with Crippen molar-refractivity contribution < 1.29 is 9.53 Å². The number of aromatic nitrogens is 3. The van der Waals surface area contributed by atoms with Crippen molar-refractivity contribution in [2.45, 2.75) is 32.7 Å². The molecular weight excluding hydrogens is 488 g/mol. The van der Waals surface area contributed by atoms with Crippen molar-refractivity contribution in [1.29, 1.82) is 0 Å². The molecule has 0 atom stereocenters. The molecule has 3 aromatic carbocycles. The highest BCUT2D eigenvalue weighted by Gasteiger charge is 2.29. The number of benzene rings is 3. The third-order valence-corrected chi connectivity index (χ3v) is 7.69. The van der Waals surface area contributed by atoms with E-state index in [-0.39, 0.29) is 17.6 Å². The molecule has 5 aromatic rings. The van der Waals surface area contributed by atoms with Gasteiger partial charge in [-0.1, -0.05) is 42.5 Å². The fraction of sp³-hybridized carbons (Fsp3) is 0.250. The van der Waals surface area contributed by atoms with E-state index < -0.39 is 0 Å². The Balaban J connectivity index is 1.29. The second-order valence-corrected chi connectivity index (χ2v) is 10.00. The standard InChI is InChI=1S/C32H32N4O3/c1-3-39-26-15-13-24(14-16-26)35-22(2)27(21-30(35)23-9-5-4-6-10-23)31(37)34-19-17-25(18-20-34)36-29-12-8-7-11-28(29)33-32(36)38/h4-16,21,25H,3,17-20H2,1-2H3,(H,33,38). The van der Waals surface area contributed by atoms with Gasteiger partial charge >= 0.3 is 5.69 Å². The van der Waals surface area contributed by atoms with Crippen LogP contribution in [0.1, 0.15) is 41.9 Å². The third-order valence-electron chi connectivity index (χ3n) is 7.69. The Hall–Kier alpha value is -4.52. The number of ether oxygens (including phenoxy) is 1. The number of amides is 1. The molecular formula is C32H32N4O3. The van der Waals surface area contributed by atoms with Gasteiger partial charge in [-0.15, -0.1) is 0 Å². The third kappa shape index (κ3) is 4.54. The molecule has 0 bridgehead atoms. The molecule has 0 saturated carbocycles. The first kappa shape index (κ1) is 24.8. The number of carbonyl (C=O) groups is 1. The van der Waals surface area contributed by atoms with Gasteiger partial charge in [-0.3, -0.25) is 9.36 Å². The van der Waals surface area contributed by atoms with Gasteiger partial charge in [-0.25, -0.2) is 4.79 Å². The van der Waals surface area contributed by atoms with Crippen molar-refractivity contribution in [3.63, 3.8) is 0 Å². The van der Waals surface area contributed by atoms with E-state index in [9.17, 15) is 9.59 Å². The molecule has 0 radical (unpaired) electrons. The summed E-state index contributed by atoms with van der Waals surface area (Å²) in [5.41, 5.74) is 6.28. The van der Waals surface area contributed by atoms with Crippen LogP contribution in [0, 0.1) is 6.92 Å². The minimum Gasteiger partial charge on any atom is -0.494 e. The van der Waals surface area contributed by atoms with Crippen molar-refractivity contribution >= 4 is 16.9 Å². The van der Waals surface area contributed by atoms with Crippen LogP contribution < -0.4 is 10.4 Å². The van der Waals surface area contributed by atoms with Crippen molar-refractivity contribution in [2.75, 3.05) is 19.7 Å². The molecule has 198 valence electrons. The summed E-state index contributed by atoms with van der Waals surface area (Å²) in [7, 11) is 0. The van der Waals surface area contributed by atoms with Crippen molar-refractivity contribution in [2.24, 2.45) is 0 Å². The molecule has 1 N–H and O–H groups in total. The number of aromatic amines is 1. The van der Waals surface area contributed by atoms with Gasteiger partial charge in [-0.2, -0.15) is 0 Å². The Morgan fingerprint density at radius 2 is 1.64 bits per heavy atom. The number of piperidine rings is 1. The smallest absolute Gasteiger partial charge is 0.326 e. The summed E-state index contributed by atoms with van der Waals surface area (Å²) in [5.74, 6) is 0.847. The molecule has 2 aromatic heterocycles. The van der Waals surface area contributed by atoms with Crippen LogP contribution in [0.25, 0.3) is 28.0 Å². The van der Waals surface area contributed by atoms with E-state index >= 15 is 0 Å². The molecule has 1 saturated heterocycles. The van der Waals surface area contributed by atoms with Crippen LogP contribution in [0.15, 0.2) is 89.7 Å². The van der Waals surface area contributed by atoms with E-state index in [0.29, 0.717) is 25.3 Å². The zero-order valence-corrected chi connectivity index (χ0v) is 22.3. The highest BCUT2D eigenvalue weighted by molar-refractivity contribution is 5.97. The first-order valence-corrected chi connectivity index (χ1v) is 13.5. The average molecular weight is 521 g/mol. The number of hydrogen-bond donors (Lipinski definition) is 1. The summed E-state index contributed by atoms with van der Waals surface area (Å²) in [6.07, 6.45) is 1.47. The number of likely N-dealkylation sites (tertiary alicyclic amines) is 1. The number of H-pyrrole nitrogens is 1. The fourth-order valence-corrected chi connectivity index (χ4v) is 5.77. The van der Waals surface area contributed by atoms with E-state index in [0.717, 1.165) is 52.3 Å². The number of rotatable bonds is 6. The topological polar surface area (TPSA) is 72.3 Å². The Bertz CT molecular complexity index is 1670. The van der Waals surface area contributed by atoms with E-state index in [4.69, 9.17) is 4.74 Å². The lowest BCUT2D eigenvalue weighted by molar-refractivity contribution is 0.0694. The normalized spacial score (nSPS) is 14.2. The number of nitrogens with zero attached hydrogens (tertiary/aromatic N) is 3. The molecule has 7 nitrogen and oxygen atoms in total. The minimum absolute atomic E-state index is 0.0269. The van der Waals surface area contributed by atoms with E-state index in [2.05, 4.69) is 21.7 Å². The van der Waals surface area contributed by atoms with Crippen LogP contribution >= 0.6 is 0 Å². The largest absolute Gasteiger partial charge is 0.494 e. The molecule has 0 unspecified atom stereocenters. The second-order valence-electron chi connectivity index (χ2n) is 10.00. The van der Waals surface area contributed by atoms with Crippen molar-refractivity contribution in [3.05, 3.63) is 107 Å². The van der Waals surface area contributed by atoms with Gasteiger partial charge in [0.2, 0.25) is 0 Å². The molecule has 7 heteroatoms. The molecule has 1 aliphatic heterocycles. The monoisotopic (exact) mass is 520 g/mol. The SMILES string of the molecule is CCOc1ccc(-n2c(-c3ccccc3)cc(C(=O)N3CCC(n4c(=O)[nH]c5ccccc54)CC3)c2C)cc1. The molecule has 0 spiro atoms. The number of fused-ring (bicyclic) bond motifs is 1. The minimum atomic E-state index is -0.0863. The molecule has 39 heavy (non-hydrogen) atoms. The van der Waals surface area contributed by atoms with Crippen LogP contribution in [0.4, 0.5) is 0 Å². The van der Waals surface area contributed by atoms with E-state index in [1.807, 2.05) is 96.1 Å². The molecule has 3 heterocycles. The number of carbonyl (C=O) groups excluding carboxylic acids is 1. The number of imidazole rings is 1. The fourth-order valence-electron chi connectivity index (χ4n) is 5.77. The van der Waals surface area contributed by atoms with Crippen LogP contribution in [0.5, 0.6) is 5.75 Å². The van der Waals surface area contributed by atoms with Gasteiger partial charge in [0.15, 0.2) is 0 Å². The van der Waals surface area contributed by atoms with Crippen LogP contribution in [-0.2, 0) is 0 Å². The molecule has 1 amide bonds. The highest BCUT2D eigenvalue weighted by Crippen LogP contribution is 2.32. The molecule has 1 aliphatic rings. The number of hydrogen-bond acceptors (Lipinski definition) is 3. The average Bonchev–Trinajstić information content (AvgIpc) is 3.50. The van der Waals surface area contributed by atoms with Crippen LogP contribution in [0.2, 0.25) is 0 Å². The maximum absolute atomic E-state index is 13.9. The zero-order valence-electron chi connectivity index (χ0n) is 22.3. The lowest BCUT2D eigenvalue weighted by atomic mass is 10.0. The van der Waals surface area contributed by atoms with Gasteiger partial charge in [-0.05, 0) is 74.7 Å². The molecule has 6 rings (SSSR count). The highest BCUT2D eigenvalue weighted by atomic mass is 16.5. The summed E-state index contributed by atoms with van der Waals surface area (Å²) in [4.78, 5) is 31.5. The predicted molar refractivity (Wildman–Crippen MR) is 154 cm³/mol. The summed E-state index contributed by atoms with van der Waals surface area (Å²) < 4.78 is 9.65. The maximum atomic E-state index is 13.9. The van der Waals surface area contributed by atoms with Gasteiger partial charge in [0.25, 0.3) is 5.91 Å². The summed E-state index contributed by atoms with van der Waals surface area (Å²) in [6, 6.07) is 28.0. The Morgan fingerprint density at radius 1 is 0.949 bits per heavy atom. The first-order chi connectivity index (χ1) is 19.0. The van der Waals surface area contributed by atoms with Gasteiger partial charge in [0, 0.05) is 30.5 Å². The summed E-state index contributed by atoms with van der Waals surface area (Å²) in [5, 5.41) is 0. The van der Waals surface area contributed by atoms with Crippen LogP contribution in [-0.4, -0.2) is 44.6 Å². The summed E-state index contributed by atoms with van der Waals surface area (Å²) >= 11 is 0. The Labute approximate surface area is 227 Å². The van der Waals surface area contributed by atoms with E-state index in [1.54, 1.807) is 0 Å². The second kappa shape index (κ2) is 10.3. The summed E-state index contributed by atoms with van der Waals surface area (Å²) in [6.45, 7) is 5.79. The first-order valence-electron chi connectivity index (χ1n) is 13.5. The van der Waals surface area contributed by atoms with Gasteiger partial charge < -0.3 is 19.2 Å². The van der Waals surface area contributed by atoms with Gasteiger partial charge in [0.1, 0.15) is 5.75 Å². The maximum Gasteiger partial charge on any atom is 0.326 e. The number of para-hydroxylation sites is 2. The molecule has 0 aliphatic carbocycles. The predicted octanol–water partition coefficient (Wildman–Crippen LogP) is 5.97. The lowest BCUT2D eigenvalue weighted by Gasteiger charge is -2.32. The van der Waals surface area contributed by atoms with Crippen LogP contribution in [0.3, 0.4) is 0 Å². The zero-order chi connectivity index (χ0) is 26.9. The van der Waals surface area contributed by atoms with Crippen molar-refractivity contribution in [3.8, 4) is 22.7 Å². The van der Waals surface area contributed by atoms with Gasteiger partial charge in [0.05, 0.1) is 28.9 Å². The quantitative estimate of drug-likeness (QED) is 0.300. The lowest BCUT2D eigenvalue weighted by Crippen LogP contribution is -2.40. The Morgan fingerprint density at radius 3 is 2.36 bits per heavy atom. The molecule has 1 fully saturated rings. The number of nitrogens with one attached hydrogen (secondary N) is 1. The Kier molecular flexibility index (Phi) is 6.57. The van der Waals surface area contributed by atoms with E-state index in [1.165, 1.54) is 0 Å². The van der Waals surface area contributed by atoms with Crippen molar-refractivity contribution in [1.82, 2.24) is 19.0 Å².